The van der Waals surface area contributed by atoms with Gasteiger partial charge >= 0.3 is 0 Å². The lowest BCUT2D eigenvalue weighted by atomic mass is 10.0. The maximum absolute atomic E-state index is 6.07. The number of hydrogen-bond donors (Lipinski definition) is 0. The van der Waals surface area contributed by atoms with Crippen molar-refractivity contribution in [3.63, 3.8) is 0 Å². The SMILES string of the molecule is Cc1ccccc1-c1nc(Cl)nc2ccc(Cl)cc12. The van der Waals surface area contributed by atoms with Gasteiger partial charge in [-0.15, -0.1) is 0 Å². The van der Waals surface area contributed by atoms with Crippen molar-refractivity contribution >= 4 is 34.1 Å². The van der Waals surface area contributed by atoms with Gasteiger partial charge in [0, 0.05) is 16.0 Å². The summed E-state index contributed by atoms with van der Waals surface area (Å²) in [6.45, 7) is 2.04. The van der Waals surface area contributed by atoms with Crippen LogP contribution < -0.4 is 0 Å². The lowest BCUT2D eigenvalue weighted by Gasteiger charge is -2.09. The molecule has 0 unspecified atom stereocenters. The van der Waals surface area contributed by atoms with Gasteiger partial charge in [-0.1, -0.05) is 35.9 Å². The summed E-state index contributed by atoms with van der Waals surface area (Å²) in [5.74, 6) is 0. The van der Waals surface area contributed by atoms with Crippen LogP contribution in [0, 0.1) is 6.92 Å². The fourth-order valence-corrected chi connectivity index (χ4v) is 2.46. The quantitative estimate of drug-likeness (QED) is 0.595. The predicted molar refractivity (Wildman–Crippen MR) is 79.7 cm³/mol. The van der Waals surface area contributed by atoms with E-state index in [1.54, 1.807) is 6.07 Å². The summed E-state index contributed by atoms with van der Waals surface area (Å²) in [4.78, 5) is 8.60. The second kappa shape index (κ2) is 4.80. The Morgan fingerprint density at radius 3 is 2.53 bits per heavy atom. The summed E-state index contributed by atoms with van der Waals surface area (Å²) in [6, 6.07) is 13.6. The Morgan fingerprint density at radius 1 is 0.947 bits per heavy atom. The first-order valence-electron chi connectivity index (χ1n) is 5.84. The van der Waals surface area contributed by atoms with Gasteiger partial charge in [-0.3, -0.25) is 0 Å². The molecule has 0 saturated carbocycles. The maximum atomic E-state index is 6.07. The molecule has 2 nitrogen and oxygen atoms in total. The molecule has 0 aliphatic heterocycles. The van der Waals surface area contributed by atoms with E-state index in [1.165, 1.54) is 0 Å². The van der Waals surface area contributed by atoms with Crippen LogP contribution in [0.3, 0.4) is 0 Å². The zero-order valence-electron chi connectivity index (χ0n) is 10.2. The summed E-state index contributed by atoms with van der Waals surface area (Å²) in [7, 11) is 0. The highest BCUT2D eigenvalue weighted by molar-refractivity contribution is 6.31. The van der Waals surface area contributed by atoms with Crippen molar-refractivity contribution in [3.05, 3.63) is 58.3 Å². The van der Waals surface area contributed by atoms with Crippen LogP contribution in [0.4, 0.5) is 0 Å². The van der Waals surface area contributed by atoms with Gasteiger partial charge in [0.15, 0.2) is 0 Å². The molecule has 94 valence electrons. The molecule has 3 aromatic rings. The van der Waals surface area contributed by atoms with Crippen molar-refractivity contribution < 1.29 is 0 Å². The standard InChI is InChI=1S/C15H10Cl2N2/c1-9-4-2-3-5-11(9)14-12-8-10(16)6-7-13(12)18-15(17)19-14/h2-8H,1H3. The molecule has 19 heavy (non-hydrogen) atoms. The second-order valence-electron chi connectivity index (χ2n) is 4.32. The van der Waals surface area contributed by atoms with Crippen LogP contribution in [-0.2, 0) is 0 Å². The number of fused-ring (bicyclic) bond motifs is 1. The van der Waals surface area contributed by atoms with E-state index >= 15 is 0 Å². The second-order valence-corrected chi connectivity index (χ2v) is 5.09. The lowest BCUT2D eigenvalue weighted by Crippen LogP contribution is -1.93. The van der Waals surface area contributed by atoms with Crippen LogP contribution in [0.5, 0.6) is 0 Å². The van der Waals surface area contributed by atoms with Crippen LogP contribution in [-0.4, -0.2) is 9.97 Å². The third kappa shape index (κ3) is 2.29. The summed E-state index contributed by atoms with van der Waals surface area (Å²) in [5, 5.41) is 1.81. The van der Waals surface area contributed by atoms with Crippen LogP contribution in [0.15, 0.2) is 42.5 Å². The number of benzene rings is 2. The Balaban J connectivity index is 2.40. The first-order chi connectivity index (χ1) is 9.15. The van der Waals surface area contributed by atoms with Crippen molar-refractivity contribution in [3.8, 4) is 11.3 Å². The number of halogens is 2. The fraction of sp³-hybridized carbons (Fsp3) is 0.0667. The van der Waals surface area contributed by atoms with Gasteiger partial charge in [-0.2, -0.15) is 0 Å². The fourth-order valence-electron chi connectivity index (χ4n) is 2.12. The van der Waals surface area contributed by atoms with E-state index in [9.17, 15) is 0 Å². The Labute approximate surface area is 121 Å². The van der Waals surface area contributed by atoms with Crippen LogP contribution in [0.25, 0.3) is 22.2 Å². The molecule has 0 N–H and O–H groups in total. The van der Waals surface area contributed by atoms with Crippen LogP contribution >= 0.6 is 23.2 Å². The van der Waals surface area contributed by atoms with E-state index in [0.717, 1.165) is 27.7 Å². The molecular weight excluding hydrogens is 279 g/mol. The van der Waals surface area contributed by atoms with E-state index < -0.39 is 0 Å². The summed E-state index contributed by atoms with van der Waals surface area (Å²) >= 11 is 12.1. The third-order valence-electron chi connectivity index (χ3n) is 3.03. The highest BCUT2D eigenvalue weighted by Gasteiger charge is 2.11. The first kappa shape index (κ1) is 12.4. The normalized spacial score (nSPS) is 10.9. The molecule has 2 aromatic carbocycles. The zero-order valence-corrected chi connectivity index (χ0v) is 11.7. The molecule has 1 heterocycles. The average Bonchev–Trinajstić information content (AvgIpc) is 2.39. The van der Waals surface area contributed by atoms with E-state index in [1.807, 2.05) is 43.3 Å². The minimum atomic E-state index is 0.244. The van der Waals surface area contributed by atoms with Gasteiger partial charge in [0.1, 0.15) is 0 Å². The van der Waals surface area contributed by atoms with Crippen molar-refractivity contribution in [2.45, 2.75) is 6.92 Å². The molecule has 0 fully saturated rings. The molecule has 0 bridgehead atoms. The Hall–Kier alpha value is -1.64. The Morgan fingerprint density at radius 2 is 1.74 bits per heavy atom. The van der Waals surface area contributed by atoms with Crippen LogP contribution in [0.2, 0.25) is 10.3 Å². The number of aryl methyl sites for hydroxylation is 1. The predicted octanol–water partition coefficient (Wildman–Crippen LogP) is 4.91. The minimum absolute atomic E-state index is 0.244. The molecule has 0 spiro atoms. The molecule has 0 amide bonds. The third-order valence-corrected chi connectivity index (χ3v) is 3.43. The summed E-state index contributed by atoms with van der Waals surface area (Å²) in [6.07, 6.45) is 0. The lowest BCUT2D eigenvalue weighted by molar-refractivity contribution is 1.22. The number of nitrogens with zero attached hydrogens (tertiary/aromatic N) is 2. The van der Waals surface area contributed by atoms with Gasteiger partial charge in [0.2, 0.25) is 5.28 Å². The molecule has 0 saturated heterocycles. The minimum Gasteiger partial charge on any atom is -0.218 e. The van der Waals surface area contributed by atoms with Crippen molar-refractivity contribution in [1.82, 2.24) is 9.97 Å². The molecule has 1 aromatic heterocycles. The molecule has 4 heteroatoms. The largest absolute Gasteiger partial charge is 0.223 e. The van der Waals surface area contributed by atoms with E-state index in [2.05, 4.69) is 9.97 Å². The zero-order chi connectivity index (χ0) is 13.4. The molecule has 0 aliphatic rings. The smallest absolute Gasteiger partial charge is 0.218 e. The topological polar surface area (TPSA) is 25.8 Å². The van der Waals surface area contributed by atoms with Gasteiger partial charge < -0.3 is 0 Å². The number of aromatic nitrogens is 2. The molecule has 0 radical (unpaired) electrons. The Kier molecular flexibility index (Phi) is 3.13. The van der Waals surface area contributed by atoms with E-state index in [4.69, 9.17) is 23.2 Å². The maximum Gasteiger partial charge on any atom is 0.223 e. The monoisotopic (exact) mass is 288 g/mol. The first-order valence-corrected chi connectivity index (χ1v) is 6.59. The molecule has 0 aliphatic carbocycles. The number of hydrogen-bond acceptors (Lipinski definition) is 2. The van der Waals surface area contributed by atoms with E-state index in [-0.39, 0.29) is 5.28 Å². The van der Waals surface area contributed by atoms with Crippen molar-refractivity contribution in [1.29, 1.82) is 0 Å². The van der Waals surface area contributed by atoms with Crippen molar-refractivity contribution in [2.75, 3.05) is 0 Å². The van der Waals surface area contributed by atoms with E-state index in [0.29, 0.717) is 5.02 Å². The van der Waals surface area contributed by atoms with Gasteiger partial charge in [-0.25, -0.2) is 9.97 Å². The highest BCUT2D eigenvalue weighted by Crippen LogP contribution is 2.30. The van der Waals surface area contributed by atoms with Gasteiger partial charge in [0.05, 0.1) is 11.2 Å². The average molecular weight is 289 g/mol. The number of rotatable bonds is 1. The molecule has 3 rings (SSSR count). The summed E-state index contributed by atoms with van der Waals surface area (Å²) < 4.78 is 0. The molecular formula is C15H10Cl2N2. The molecule has 0 atom stereocenters. The highest BCUT2D eigenvalue weighted by atomic mass is 35.5. The van der Waals surface area contributed by atoms with Crippen LogP contribution in [0.1, 0.15) is 5.56 Å². The summed E-state index contributed by atoms with van der Waals surface area (Å²) in [5.41, 5.74) is 3.79. The Bertz CT molecular complexity index is 769. The van der Waals surface area contributed by atoms with Gasteiger partial charge in [0.25, 0.3) is 0 Å². The van der Waals surface area contributed by atoms with Gasteiger partial charge in [-0.05, 0) is 42.3 Å². The van der Waals surface area contributed by atoms with Crippen molar-refractivity contribution in [2.24, 2.45) is 0 Å².